The molecular weight excluding hydrogens is 485 g/mol. The summed E-state index contributed by atoms with van der Waals surface area (Å²) >= 11 is 5.80. The average molecular weight is 505 g/mol. The molecule has 11 heteroatoms. The van der Waals surface area contributed by atoms with Gasteiger partial charge in [0.25, 0.3) is 5.92 Å². The first kappa shape index (κ1) is 24.3. The Kier molecular flexibility index (Phi) is 6.83. The third-order valence-corrected chi connectivity index (χ3v) is 5.38. The van der Waals surface area contributed by atoms with Gasteiger partial charge in [-0.3, -0.25) is 4.79 Å². The van der Waals surface area contributed by atoms with Gasteiger partial charge in [0, 0.05) is 53.1 Å². The van der Waals surface area contributed by atoms with Crippen molar-refractivity contribution in [2.75, 3.05) is 16.0 Å². The highest BCUT2D eigenvalue weighted by Gasteiger charge is 2.30. The van der Waals surface area contributed by atoms with Gasteiger partial charge in [-0.05, 0) is 49.2 Å². The monoisotopic (exact) mass is 504 g/mol. The van der Waals surface area contributed by atoms with Crippen molar-refractivity contribution < 1.29 is 27.5 Å². The number of anilines is 3. The van der Waals surface area contributed by atoms with Gasteiger partial charge in [-0.2, -0.15) is 0 Å². The first-order chi connectivity index (χ1) is 16.6. The molecule has 1 aliphatic rings. The van der Waals surface area contributed by atoms with Gasteiger partial charge in [0.05, 0.1) is 0 Å². The van der Waals surface area contributed by atoms with Crippen LogP contribution in [-0.2, 0) is 10.7 Å². The number of ether oxygens (including phenoxy) is 1. The van der Waals surface area contributed by atoms with Crippen molar-refractivity contribution in [3.63, 3.8) is 0 Å². The van der Waals surface area contributed by atoms with Crippen LogP contribution in [0.5, 0.6) is 11.5 Å². The molecule has 3 aromatic rings. The van der Waals surface area contributed by atoms with Gasteiger partial charge in [0.15, 0.2) is 11.6 Å². The number of nitrogens with zero attached hydrogens (tertiary/aromatic N) is 1. The second-order valence-electron chi connectivity index (χ2n) is 8.05. The largest absolute Gasteiger partial charge is 0.454 e. The molecule has 0 radical (unpaired) electrons. The standard InChI is InChI=1S/C24H20ClF3N4O3/c1-24(27,28)17-10-14(4-6-18(17)25)30-23(34)31-15-5-7-20(19(26)11-15)35-16-8-9-29-21(12-16)32-22(33)13-2-3-13/h4-13H,2-3H2,1H3,(H,29,32,33)(H2,30,31,34). The topological polar surface area (TPSA) is 92.3 Å². The summed E-state index contributed by atoms with van der Waals surface area (Å²) in [5, 5.41) is 7.37. The molecule has 1 heterocycles. The highest BCUT2D eigenvalue weighted by molar-refractivity contribution is 6.31. The molecule has 35 heavy (non-hydrogen) atoms. The van der Waals surface area contributed by atoms with E-state index in [1.807, 2.05) is 0 Å². The summed E-state index contributed by atoms with van der Waals surface area (Å²) in [6.07, 6.45) is 3.12. The average Bonchev–Trinajstić information content (AvgIpc) is 3.62. The van der Waals surface area contributed by atoms with Crippen molar-refractivity contribution >= 4 is 40.7 Å². The summed E-state index contributed by atoms with van der Waals surface area (Å²) in [7, 11) is 0. The van der Waals surface area contributed by atoms with E-state index < -0.39 is 23.3 Å². The molecule has 3 N–H and O–H groups in total. The number of pyridine rings is 1. The minimum Gasteiger partial charge on any atom is -0.454 e. The lowest BCUT2D eigenvalue weighted by Gasteiger charge is -2.15. The molecule has 182 valence electrons. The van der Waals surface area contributed by atoms with Crippen molar-refractivity contribution in [1.82, 2.24) is 4.98 Å². The van der Waals surface area contributed by atoms with E-state index in [1.54, 1.807) is 0 Å². The van der Waals surface area contributed by atoms with Gasteiger partial charge in [-0.15, -0.1) is 0 Å². The Morgan fingerprint density at radius 3 is 2.37 bits per heavy atom. The molecule has 0 bridgehead atoms. The van der Waals surface area contributed by atoms with Crippen molar-refractivity contribution in [3.8, 4) is 11.5 Å². The van der Waals surface area contributed by atoms with E-state index in [0.717, 1.165) is 25.0 Å². The Morgan fingerprint density at radius 2 is 1.71 bits per heavy atom. The molecule has 0 atom stereocenters. The number of carbonyl (C=O) groups is 2. The first-order valence-corrected chi connectivity index (χ1v) is 11.0. The smallest absolute Gasteiger partial charge is 0.323 e. The number of benzene rings is 2. The normalized spacial score (nSPS) is 13.2. The number of hydrogen-bond donors (Lipinski definition) is 3. The minimum absolute atomic E-state index is 0.00500. The maximum atomic E-state index is 14.6. The third-order valence-electron chi connectivity index (χ3n) is 5.05. The SMILES string of the molecule is CC(F)(F)c1cc(NC(=O)Nc2ccc(Oc3ccnc(NC(=O)C4CC4)c3)c(F)c2)ccc1Cl. The lowest BCUT2D eigenvalue weighted by molar-refractivity contribution is -0.117. The molecule has 0 aliphatic heterocycles. The Morgan fingerprint density at radius 1 is 1.03 bits per heavy atom. The number of alkyl halides is 2. The summed E-state index contributed by atoms with van der Waals surface area (Å²) in [4.78, 5) is 28.2. The molecule has 0 saturated heterocycles. The molecule has 0 spiro atoms. The second-order valence-corrected chi connectivity index (χ2v) is 8.46. The quantitative estimate of drug-likeness (QED) is 0.331. The number of amides is 3. The summed E-state index contributed by atoms with van der Waals surface area (Å²) in [5.74, 6) is -3.63. The van der Waals surface area contributed by atoms with Crippen LogP contribution in [0.4, 0.5) is 35.2 Å². The lowest BCUT2D eigenvalue weighted by atomic mass is 10.1. The summed E-state index contributed by atoms with van der Waals surface area (Å²) < 4.78 is 47.4. The molecule has 1 aromatic heterocycles. The summed E-state index contributed by atoms with van der Waals surface area (Å²) in [6, 6.07) is 9.65. The Bertz CT molecular complexity index is 1280. The Labute approximate surface area is 203 Å². The summed E-state index contributed by atoms with van der Waals surface area (Å²) in [5.41, 5.74) is -0.239. The number of rotatable bonds is 7. The van der Waals surface area contributed by atoms with E-state index in [2.05, 4.69) is 20.9 Å². The fraction of sp³-hybridized carbons (Fsp3) is 0.208. The fourth-order valence-electron chi connectivity index (χ4n) is 3.14. The van der Waals surface area contributed by atoms with Crippen LogP contribution in [0.2, 0.25) is 5.02 Å². The van der Waals surface area contributed by atoms with Crippen molar-refractivity contribution in [2.24, 2.45) is 5.92 Å². The number of aromatic nitrogens is 1. The molecular formula is C24H20ClF3N4O3. The van der Waals surface area contributed by atoms with Crippen LogP contribution < -0.4 is 20.7 Å². The van der Waals surface area contributed by atoms with Gasteiger partial charge in [-0.25, -0.2) is 22.9 Å². The van der Waals surface area contributed by atoms with Gasteiger partial charge in [0.2, 0.25) is 5.91 Å². The van der Waals surface area contributed by atoms with E-state index >= 15 is 0 Å². The van der Waals surface area contributed by atoms with Crippen LogP contribution in [-0.4, -0.2) is 16.9 Å². The first-order valence-electron chi connectivity index (χ1n) is 10.6. The van der Waals surface area contributed by atoms with Gasteiger partial charge < -0.3 is 20.7 Å². The van der Waals surface area contributed by atoms with Crippen molar-refractivity contribution in [2.45, 2.75) is 25.7 Å². The maximum Gasteiger partial charge on any atom is 0.323 e. The van der Waals surface area contributed by atoms with E-state index in [4.69, 9.17) is 16.3 Å². The molecule has 3 amide bonds. The zero-order valence-corrected chi connectivity index (χ0v) is 19.1. The Balaban J connectivity index is 1.39. The highest BCUT2D eigenvalue weighted by atomic mass is 35.5. The van der Waals surface area contributed by atoms with Crippen LogP contribution >= 0.6 is 11.6 Å². The van der Waals surface area contributed by atoms with Crippen LogP contribution in [0.15, 0.2) is 54.7 Å². The highest BCUT2D eigenvalue weighted by Crippen LogP contribution is 2.35. The van der Waals surface area contributed by atoms with Gasteiger partial charge >= 0.3 is 6.03 Å². The van der Waals surface area contributed by atoms with E-state index in [9.17, 15) is 22.8 Å². The predicted octanol–water partition coefficient (Wildman–Crippen LogP) is 6.77. The lowest BCUT2D eigenvalue weighted by Crippen LogP contribution is -2.20. The Hall–Kier alpha value is -3.79. The minimum atomic E-state index is -3.19. The van der Waals surface area contributed by atoms with Crippen molar-refractivity contribution in [3.05, 3.63) is 71.1 Å². The van der Waals surface area contributed by atoms with Crippen LogP contribution in [0.25, 0.3) is 0 Å². The summed E-state index contributed by atoms with van der Waals surface area (Å²) in [6.45, 7) is 0.696. The van der Waals surface area contributed by atoms with E-state index in [-0.39, 0.29) is 39.7 Å². The van der Waals surface area contributed by atoms with Gasteiger partial charge in [-0.1, -0.05) is 11.6 Å². The molecule has 1 fully saturated rings. The predicted molar refractivity (Wildman–Crippen MR) is 126 cm³/mol. The molecule has 1 saturated carbocycles. The molecule has 0 unspecified atom stereocenters. The third kappa shape index (κ3) is 6.42. The zero-order valence-electron chi connectivity index (χ0n) is 18.4. The number of carbonyl (C=O) groups excluding carboxylic acids is 2. The molecule has 7 nitrogen and oxygen atoms in total. The van der Waals surface area contributed by atoms with Crippen molar-refractivity contribution in [1.29, 1.82) is 0 Å². The fourth-order valence-corrected chi connectivity index (χ4v) is 3.42. The van der Waals surface area contributed by atoms with Crippen LogP contribution in [0.3, 0.4) is 0 Å². The second kappa shape index (κ2) is 9.83. The number of urea groups is 1. The molecule has 4 rings (SSSR count). The maximum absolute atomic E-state index is 14.6. The van der Waals surface area contributed by atoms with Crippen LogP contribution in [0.1, 0.15) is 25.3 Å². The van der Waals surface area contributed by atoms with Crippen LogP contribution in [0, 0.1) is 11.7 Å². The van der Waals surface area contributed by atoms with E-state index in [0.29, 0.717) is 12.7 Å². The molecule has 1 aliphatic carbocycles. The number of halogens is 4. The zero-order chi connectivity index (χ0) is 25.2. The number of hydrogen-bond acceptors (Lipinski definition) is 4. The number of nitrogens with one attached hydrogen (secondary N) is 3. The van der Waals surface area contributed by atoms with Gasteiger partial charge in [0.1, 0.15) is 11.6 Å². The molecule has 2 aromatic carbocycles. The van der Waals surface area contributed by atoms with E-state index in [1.165, 1.54) is 42.6 Å².